The van der Waals surface area contributed by atoms with Crippen LogP contribution in [0.2, 0.25) is 0 Å². The van der Waals surface area contributed by atoms with Gasteiger partial charge < -0.3 is 16.3 Å². The molecule has 1 amide bonds. The summed E-state index contributed by atoms with van der Waals surface area (Å²) in [5.41, 5.74) is 2.15. The number of hydrazone groups is 1. The van der Waals surface area contributed by atoms with Gasteiger partial charge in [-0.15, -0.1) is 11.8 Å². The molecule has 0 saturated carbocycles. The number of carbonyl (C=O) groups is 2. The molecule has 4 N–H and O–H groups in total. The molecule has 6 nitrogen and oxygen atoms in total. The number of aliphatic carboxylic acids is 1. The molecule has 0 aliphatic carbocycles. The second-order valence-corrected chi connectivity index (χ2v) is 7.81. The van der Waals surface area contributed by atoms with Gasteiger partial charge in [0, 0.05) is 23.1 Å². The number of carboxylic acids is 1. The van der Waals surface area contributed by atoms with Crippen LogP contribution in [-0.4, -0.2) is 35.0 Å². The smallest absolute Gasteiger partial charge is 0.305 e. The van der Waals surface area contributed by atoms with Crippen molar-refractivity contribution in [3.63, 3.8) is 0 Å². The van der Waals surface area contributed by atoms with Gasteiger partial charge in [0.25, 0.3) is 0 Å². The Kier molecular flexibility index (Phi) is 9.78. The summed E-state index contributed by atoms with van der Waals surface area (Å²) in [5, 5.41) is 15.5. The zero-order chi connectivity index (χ0) is 20.9. The van der Waals surface area contributed by atoms with Crippen molar-refractivity contribution in [2.45, 2.75) is 43.0 Å². The largest absolute Gasteiger partial charge is 0.481 e. The highest BCUT2D eigenvalue weighted by Crippen LogP contribution is 2.19. The Morgan fingerprint density at radius 1 is 1.10 bits per heavy atom. The number of thioether (sulfide) groups is 1. The Hall–Kier alpha value is -2.80. The van der Waals surface area contributed by atoms with Gasteiger partial charge >= 0.3 is 5.97 Å². The van der Waals surface area contributed by atoms with Gasteiger partial charge in [0.05, 0.1) is 12.6 Å². The third kappa shape index (κ3) is 9.30. The number of amides is 1. The standard InChI is InChI=1S/C22H27N3O3S/c23-24-15-18-12-10-17(11-13-18)6-4-5-9-21(26)25-19(14-22(27)28)16-29-20-7-2-1-3-8-20/h1-3,7-8,10-13,15,19H,4-6,9,14,16,23H2,(H,25,26)(H,27,28). The lowest BCUT2D eigenvalue weighted by Crippen LogP contribution is -2.38. The van der Waals surface area contributed by atoms with Crippen molar-refractivity contribution in [2.75, 3.05) is 5.75 Å². The van der Waals surface area contributed by atoms with Crippen LogP contribution in [0.5, 0.6) is 0 Å². The monoisotopic (exact) mass is 413 g/mol. The Labute approximate surface area is 175 Å². The first-order valence-electron chi connectivity index (χ1n) is 9.58. The predicted octanol–water partition coefficient (Wildman–Crippen LogP) is 3.44. The first-order chi connectivity index (χ1) is 14.1. The minimum atomic E-state index is -0.910. The fourth-order valence-corrected chi connectivity index (χ4v) is 3.79. The van der Waals surface area contributed by atoms with E-state index in [2.05, 4.69) is 10.4 Å². The summed E-state index contributed by atoms with van der Waals surface area (Å²) in [4.78, 5) is 24.4. The lowest BCUT2D eigenvalue weighted by Gasteiger charge is -2.16. The van der Waals surface area contributed by atoms with Crippen LogP contribution in [0.15, 0.2) is 64.6 Å². The van der Waals surface area contributed by atoms with E-state index in [1.807, 2.05) is 54.6 Å². The Bertz CT molecular complexity index is 795. The lowest BCUT2D eigenvalue weighted by molar-refractivity contribution is -0.137. The maximum absolute atomic E-state index is 12.2. The van der Waals surface area contributed by atoms with Crippen molar-refractivity contribution in [3.05, 3.63) is 65.7 Å². The topological polar surface area (TPSA) is 105 Å². The molecule has 0 spiro atoms. The average molecular weight is 414 g/mol. The number of nitrogens with two attached hydrogens (primary N) is 1. The normalized spacial score (nSPS) is 12.0. The summed E-state index contributed by atoms with van der Waals surface area (Å²) >= 11 is 1.55. The van der Waals surface area contributed by atoms with E-state index in [0.29, 0.717) is 12.2 Å². The molecule has 29 heavy (non-hydrogen) atoms. The highest BCUT2D eigenvalue weighted by atomic mass is 32.2. The second-order valence-electron chi connectivity index (χ2n) is 6.71. The summed E-state index contributed by atoms with van der Waals surface area (Å²) in [6.07, 6.45) is 4.44. The van der Waals surface area contributed by atoms with Crippen LogP contribution in [0.1, 0.15) is 36.8 Å². The van der Waals surface area contributed by atoms with E-state index in [4.69, 9.17) is 10.9 Å². The molecular weight excluding hydrogens is 386 g/mol. The highest BCUT2D eigenvalue weighted by Gasteiger charge is 2.16. The van der Waals surface area contributed by atoms with Crippen LogP contribution in [0.3, 0.4) is 0 Å². The fraction of sp³-hybridized carbons (Fsp3) is 0.318. The van der Waals surface area contributed by atoms with E-state index in [9.17, 15) is 9.59 Å². The van der Waals surface area contributed by atoms with Crippen LogP contribution in [0.25, 0.3) is 0 Å². The van der Waals surface area contributed by atoms with Crippen LogP contribution < -0.4 is 11.2 Å². The molecule has 0 aromatic heterocycles. The number of nitrogens with one attached hydrogen (secondary N) is 1. The van der Waals surface area contributed by atoms with Crippen molar-refractivity contribution in [2.24, 2.45) is 10.9 Å². The van der Waals surface area contributed by atoms with Crippen molar-refractivity contribution >= 4 is 29.9 Å². The summed E-state index contributed by atoms with van der Waals surface area (Å²) in [6, 6.07) is 17.3. The second kappa shape index (κ2) is 12.6. The molecule has 0 radical (unpaired) electrons. The van der Waals surface area contributed by atoms with Crippen LogP contribution >= 0.6 is 11.8 Å². The summed E-state index contributed by atoms with van der Waals surface area (Å²) < 4.78 is 0. The predicted molar refractivity (Wildman–Crippen MR) is 117 cm³/mol. The average Bonchev–Trinajstić information content (AvgIpc) is 2.71. The van der Waals surface area contributed by atoms with Gasteiger partial charge in [-0.3, -0.25) is 9.59 Å². The van der Waals surface area contributed by atoms with Crippen molar-refractivity contribution < 1.29 is 14.7 Å². The fourth-order valence-electron chi connectivity index (χ4n) is 2.85. The van der Waals surface area contributed by atoms with Crippen LogP contribution in [0.4, 0.5) is 0 Å². The zero-order valence-corrected chi connectivity index (χ0v) is 17.1. The summed E-state index contributed by atoms with van der Waals surface area (Å²) in [5.74, 6) is 4.65. The van der Waals surface area contributed by atoms with E-state index >= 15 is 0 Å². The van der Waals surface area contributed by atoms with E-state index in [-0.39, 0.29) is 18.4 Å². The molecule has 0 aliphatic heterocycles. The number of carboxylic acid groups (broad SMARTS) is 1. The Balaban J connectivity index is 1.72. The van der Waals surface area contributed by atoms with Gasteiger partial charge in [0.2, 0.25) is 5.91 Å². The molecule has 0 fully saturated rings. The maximum Gasteiger partial charge on any atom is 0.305 e. The molecular formula is C22H27N3O3S. The number of hydrogen-bond acceptors (Lipinski definition) is 5. The van der Waals surface area contributed by atoms with Gasteiger partial charge in [0.15, 0.2) is 0 Å². The first-order valence-corrected chi connectivity index (χ1v) is 10.6. The highest BCUT2D eigenvalue weighted by molar-refractivity contribution is 7.99. The van der Waals surface area contributed by atoms with E-state index in [0.717, 1.165) is 29.7 Å². The van der Waals surface area contributed by atoms with Crippen molar-refractivity contribution in [1.29, 1.82) is 0 Å². The van der Waals surface area contributed by atoms with Gasteiger partial charge in [0.1, 0.15) is 0 Å². The van der Waals surface area contributed by atoms with Crippen LogP contribution in [-0.2, 0) is 16.0 Å². The van der Waals surface area contributed by atoms with E-state index < -0.39 is 5.97 Å². The van der Waals surface area contributed by atoms with Crippen molar-refractivity contribution in [3.8, 4) is 0 Å². The van der Waals surface area contributed by atoms with Gasteiger partial charge in [-0.1, -0.05) is 42.5 Å². The quantitative estimate of drug-likeness (QED) is 0.163. The summed E-state index contributed by atoms with van der Waals surface area (Å²) in [6.45, 7) is 0. The maximum atomic E-state index is 12.2. The molecule has 2 aromatic rings. The van der Waals surface area contributed by atoms with Crippen molar-refractivity contribution in [1.82, 2.24) is 5.32 Å². The molecule has 0 aliphatic rings. The number of rotatable bonds is 12. The Morgan fingerprint density at radius 3 is 2.48 bits per heavy atom. The molecule has 1 atom stereocenters. The molecule has 7 heteroatoms. The van der Waals surface area contributed by atoms with Gasteiger partial charge in [-0.05, 0) is 42.5 Å². The van der Waals surface area contributed by atoms with Crippen LogP contribution in [0, 0.1) is 0 Å². The lowest BCUT2D eigenvalue weighted by atomic mass is 10.1. The molecule has 0 heterocycles. The summed E-state index contributed by atoms with van der Waals surface area (Å²) in [7, 11) is 0. The molecule has 2 rings (SSSR count). The first kappa shape index (κ1) is 22.5. The molecule has 1 unspecified atom stereocenters. The minimum absolute atomic E-state index is 0.0793. The van der Waals surface area contributed by atoms with Gasteiger partial charge in [-0.2, -0.15) is 5.10 Å². The minimum Gasteiger partial charge on any atom is -0.481 e. The third-order valence-electron chi connectivity index (χ3n) is 4.30. The molecule has 0 bridgehead atoms. The number of unbranched alkanes of at least 4 members (excludes halogenated alkanes) is 1. The van der Waals surface area contributed by atoms with Gasteiger partial charge in [-0.25, -0.2) is 0 Å². The number of hydrogen-bond donors (Lipinski definition) is 3. The zero-order valence-electron chi connectivity index (χ0n) is 16.3. The van der Waals surface area contributed by atoms with E-state index in [1.54, 1.807) is 18.0 Å². The number of carbonyl (C=O) groups excluding carboxylic acids is 1. The Morgan fingerprint density at radius 2 is 1.83 bits per heavy atom. The molecule has 0 saturated heterocycles. The number of nitrogens with zero attached hydrogens (tertiary/aromatic N) is 1. The SMILES string of the molecule is NN=Cc1ccc(CCCCC(=O)NC(CSc2ccccc2)CC(=O)O)cc1. The molecule has 154 valence electrons. The number of aryl methyl sites for hydroxylation is 1. The molecule has 2 aromatic carbocycles. The number of benzene rings is 2. The van der Waals surface area contributed by atoms with E-state index in [1.165, 1.54) is 5.56 Å². The third-order valence-corrected chi connectivity index (χ3v) is 5.48.